The number of benzene rings is 4. The average molecular weight is 815 g/mol. The SMILES string of the molecule is COc1c(-c2cccc([N+](=O)[O-])c2OC)cccc1[N+](=O)[O-].COc1c(B2OC(C)(C)C(C)(C)O2)cccc1[N+](=O)[O-].COc1c(Br)cccc1[N+](=O)[O-]. The molecule has 0 N–H and O–H groups in total. The molecule has 1 fully saturated rings. The van der Waals surface area contributed by atoms with E-state index in [9.17, 15) is 40.5 Å². The molecule has 0 bridgehead atoms. The predicted octanol–water partition coefficient (Wildman–Crippen LogP) is 7.46. The number of nitrogens with zero attached hydrogens (tertiary/aromatic N) is 4. The molecular weight excluding hydrogens is 779 g/mol. The van der Waals surface area contributed by atoms with Crippen LogP contribution in [0.25, 0.3) is 11.1 Å². The van der Waals surface area contributed by atoms with Gasteiger partial charge in [0.05, 0.1) is 63.8 Å². The van der Waals surface area contributed by atoms with Crippen LogP contribution < -0.4 is 24.4 Å². The largest absolute Gasteiger partial charge is 0.498 e. The minimum absolute atomic E-state index is 0.0197. The average Bonchev–Trinajstić information content (AvgIpc) is 3.36. The van der Waals surface area contributed by atoms with E-state index in [0.29, 0.717) is 21.1 Å². The second-order valence-corrected chi connectivity index (χ2v) is 12.9. The molecule has 0 aromatic heterocycles. The first-order valence-corrected chi connectivity index (χ1v) is 16.4. The molecule has 5 rings (SSSR count). The Bertz CT molecular complexity index is 1970. The van der Waals surface area contributed by atoms with Gasteiger partial charge in [-0.05, 0) is 61.8 Å². The maximum absolute atomic E-state index is 11.1. The van der Waals surface area contributed by atoms with Crippen molar-refractivity contribution >= 4 is 51.3 Å². The molecule has 18 nitrogen and oxygen atoms in total. The van der Waals surface area contributed by atoms with Gasteiger partial charge in [0, 0.05) is 40.9 Å². The van der Waals surface area contributed by atoms with Crippen LogP contribution in [-0.4, -0.2) is 66.5 Å². The second-order valence-electron chi connectivity index (χ2n) is 12.0. The summed E-state index contributed by atoms with van der Waals surface area (Å²) in [5, 5.41) is 43.6. The molecule has 0 radical (unpaired) electrons. The van der Waals surface area contributed by atoms with E-state index in [-0.39, 0.29) is 45.7 Å². The summed E-state index contributed by atoms with van der Waals surface area (Å²) in [6.45, 7) is 7.71. The fourth-order valence-corrected chi connectivity index (χ4v) is 5.62. The number of ether oxygens (including phenoxy) is 4. The second kappa shape index (κ2) is 17.8. The van der Waals surface area contributed by atoms with Crippen molar-refractivity contribution < 1.29 is 47.9 Å². The van der Waals surface area contributed by atoms with Crippen molar-refractivity contribution in [1.82, 2.24) is 0 Å². The van der Waals surface area contributed by atoms with Crippen LogP contribution in [0.1, 0.15) is 27.7 Å². The molecule has 0 unspecified atom stereocenters. The highest BCUT2D eigenvalue weighted by Gasteiger charge is 2.53. The summed E-state index contributed by atoms with van der Waals surface area (Å²) >= 11 is 3.15. The lowest BCUT2D eigenvalue weighted by Gasteiger charge is -2.32. The van der Waals surface area contributed by atoms with Crippen molar-refractivity contribution in [2.75, 3.05) is 28.4 Å². The number of methoxy groups -OCH3 is 4. The molecule has 4 aromatic carbocycles. The summed E-state index contributed by atoms with van der Waals surface area (Å²) in [5.41, 5.74) is -0.385. The first-order valence-electron chi connectivity index (χ1n) is 15.6. The zero-order valence-corrected chi connectivity index (χ0v) is 32.0. The Labute approximate surface area is 317 Å². The molecule has 1 aliphatic rings. The highest BCUT2D eigenvalue weighted by Crippen LogP contribution is 2.44. The van der Waals surface area contributed by atoms with Crippen molar-refractivity contribution in [2.24, 2.45) is 0 Å². The van der Waals surface area contributed by atoms with Gasteiger partial charge in [-0.2, -0.15) is 0 Å². The van der Waals surface area contributed by atoms with E-state index in [2.05, 4.69) is 15.9 Å². The van der Waals surface area contributed by atoms with Gasteiger partial charge in [0.25, 0.3) is 0 Å². The zero-order chi connectivity index (χ0) is 40.5. The maximum Gasteiger partial charge on any atom is 0.498 e. The first-order chi connectivity index (χ1) is 25.4. The van der Waals surface area contributed by atoms with E-state index in [0.717, 1.165) is 0 Å². The Morgan fingerprint density at radius 2 is 0.833 bits per heavy atom. The molecule has 1 aliphatic heterocycles. The minimum Gasteiger partial charge on any atom is -0.490 e. The monoisotopic (exact) mass is 814 g/mol. The van der Waals surface area contributed by atoms with Gasteiger partial charge in [0.1, 0.15) is 0 Å². The van der Waals surface area contributed by atoms with Gasteiger partial charge < -0.3 is 28.3 Å². The number of rotatable bonds is 10. The zero-order valence-electron chi connectivity index (χ0n) is 30.4. The van der Waals surface area contributed by atoms with Gasteiger partial charge in [0.15, 0.2) is 5.75 Å². The summed E-state index contributed by atoms with van der Waals surface area (Å²) in [6.07, 6.45) is 0. The van der Waals surface area contributed by atoms with Gasteiger partial charge in [0.2, 0.25) is 17.2 Å². The summed E-state index contributed by atoms with van der Waals surface area (Å²) in [6, 6.07) is 18.1. The number of nitro benzene ring substituents is 4. The fourth-order valence-electron chi connectivity index (χ4n) is 5.10. The molecule has 0 amide bonds. The standard InChI is InChI=1S/C14H12N2O6.C13H18BNO5.C7H6BrNO3/c1-21-13-9(5-3-7-11(13)15(17)18)10-6-4-8-12(16(19)20)14(10)22-2;1-12(2)13(3,4)20-14(19-12)9-7-6-8-10(15(16)17)11(9)18-5;1-12-7-5(8)3-2-4-6(7)9(10)11/h3-8H,1-2H3;6-8H,1-5H3;2-4H,1H3. The van der Waals surface area contributed by atoms with Crippen LogP contribution in [0.5, 0.6) is 23.0 Å². The predicted molar refractivity (Wildman–Crippen MR) is 201 cm³/mol. The number of para-hydroxylation sites is 4. The Kier molecular flexibility index (Phi) is 14.0. The van der Waals surface area contributed by atoms with E-state index in [1.807, 2.05) is 27.7 Å². The topological polar surface area (TPSA) is 228 Å². The number of hydrogen-bond donors (Lipinski definition) is 0. The molecule has 0 saturated carbocycles. The summed E-state index contributed by atoms with van der Waals surface area (Å²) in [7, 11) is 4.71. The molecule has 0 atom stereocenters. The van der Waals surface area contributed by atoms with Gasteiger partial charge in [-0.15, -0.1) is 0 Å². The van der Waals surface area contributed by atoms with Gasteiger partial charge in [-0.25, -0.2) is 0 Å². The molecule has 1 heterocycles. The molecule has 286 valence electrons. The number of hydrogen-bond acceptors (Lipinski definition) is 14. The van der Waals surface area contributed by atoms with Crippen molar-refractivity contribution in [3.05, 3.63) is 118 Å². The maximum atomic E-state index is 11.1. The highest BCUT2D eigenvalue weighted by atomic mass is 79.9. The molecule has 0 aliphatic carbocycles. The van der Waals surface area contributed by atoms with E-state index in [1.165, 1.54) is 64.8 Å². The van der Waals surface area contributed by atoms with E-state index >= 15 is 0 Å². The Hall–Kier alpha value is -5.86. The number of halogens is 1. The lowest BCUT2D eigenvalue weighted by Crippen LogP contribution is -2.41. The van der Waals surface area contributed by atoms with E-state index < -0.39 is 38.0 Å². The Morgan fingerprint density at radius 3 is 1.17 bits per heavy atom. The quantitative estimate of drug-likeness (QED) is 0.0860. The summed E-state index contributed by atoms with van der Waals surface area (Å²) in [5.74, 6) is 0.469. The van der Waals surface area contributed by atoms with Crippen LogP contribution in [0.15, 0.2) is 77.3 Å². The van der Waals surface area contributed by atoms with Gasteiger partial charge in [-0.1, -0.05) is 30.3 Å². The first kappa shape index (κ1) is 42.6. The molecule has 54 heavy (non-hydrogen) atoms. The molecule has 4 aromatic rings. The fraction of sp³-hybridized carbons (Fsp3) is 0.294. The summed E-state index contributed by atoms with van der Waals surface area (Å²) < 4.78 is 32.7. The van der Waals surface area contributed by atoms with Crippen LogP contribution in [0, 0.1) is 40.5 Å². The molecular formula is C34H36BBrN4O14. The van der Waals surface area contributed by atoms with Gasteiger partial charge in [-0.3, -0.25) is 40.5 Å². The lowest BCUT2D eigenvalue weighted by atomic mass is 9.78. The Balaban J connectivity index is 0.000000227. The lowest BCUT2D eigenvalue weighted by molar-refractivity contribution is -0.386. The van der Waals surface area contributed by atoms with Crippen LogP contribution >= 0.6 is 15.9 Å². The third kappa shape index (κ3) is 9.19. The third-order valence-corrected chi connectivity index (χ3v) is 8.98. The van der Waals surface area contributed by atoms with Crippen LogP contribution in [0.3, 0.4) is 0 Å². The minimum atomic E-state index is -0.685. The molecule has 1 saturated heterocycles. The normalized spacial score (nSPS) is 13.6. The van der Waals surface area contributed by atoms with Crippen molar-refractivity contribution in [1.29, 1.82) is 0 Å². The molecule has 0 spiro atoms. The third-order valence-electron chi connectivity index (χ3n) is 8.36. The smallest absolute Gasteiger partial charge is 0.490 e. The summed E-state index contributed by atoms with van der Waals surface area (Å²) in [4.78, 5) is 41.5. The van der Waals surface area contributed by atoms with E-state index in [4.69, 9.17) is 28.3 Å². The van der Waals surface area contributed by atoms with Gasteiger partial charge >= 0.3 is 29.9 Å². The highest BCUT2D eigenvalue weighted by molar-refractivity contribution is 9.10. The van der Waals surface area contributed by atoms with Crippen LogP contribution in [0.2, 0.25) is 0 Å². The van der Waals surface area contributed by atoms with Crippen molar-refractivity contribution in [2.45, 2.75) is 38.9 Å². The van der Waals surface area contributed by atoms with Crippen LogP contribution in [-0.2, 0) is 9.31 Å². The van der Waals surface area contributed by atoms with Crippen molar-refractivity contribution in [3.8, 4) is 34.1 Å². The van der Waals surface area contributed by atoms with Crippen molar-refractivity contribution in [3.63, 3.8) is 0 Å². The number of nitro groups is 4. The van der Waals surface area contributed by atoms with E-state index in [1.54, 1.807) is 36.4 Å². The Morgan fingerprint density at radius 1 is 0.519 bits per heavy atom. The molecule has 20 heteroatoms. The van der Waals surface area contributed by atoms with Crippen LogP contribution in [0.4, 0.5) is 22.7 Å².